The maximum atomic E-state index is 11.9. The van der Waals surface area contributed by atoms with Crippen molar-refractivity contribution in [3.8, 4) is 17.0 Å². The van der Waals surface area contributed by atoms with Gasteiger partial charge in [-0.1, -0.05) is 18.3 Å². The second kappa shape index (κ2) is 6.58. The Bertz CT molecular complexity index is 685. The highest BCUT2D eigenvalue weighted by Gasteiger charge is 2.15. The number of benzene rings is 1. The molecule has 21 heavy (non-hydrogen) atoms. The molecule has 5 nitrogen and oxygen atoms in total. The zero-order valence-corrected chi connectivity index (χ0v) is 12.8. The largest absolute Gasteiger partial charge is 0.494 e. The molecule has 0 aliphatic heterocycles. The van der Waals surface area contributed by atoms with Crippen LogP contribution in [-0.2, 0) is 11.3 Å². The predicted molar refractivity (Wildman–Crippen MR) is 82.2 cm³/mol. The molecule has 0 spiro atoms. The second-order valence-electron chi connectivity index (χ2n) is 4.63. The first-order valence-electron chi connectivity index (χ1n) is 6.68. The molecule has 0 saturated carbocycles. The third kappa shape index (κ3) is 3.52. The van der Waals surface area contributed by atoms with Gasteiger partial charge in [0.2, 0.25) is 0 Å². The van der Waals surface area contributed by atoms with Gasteiger partial charge >= 0.3 is 10.8 Å². The van der Waals surface area contributed by atoms with E-state index >= 15 is 0 Å². The van der Waals surface area contributed by atoms with Crippen molar-refractivity contribution in [2.24, 2.45) is 0 Å². The van der Waals surface area contributed by atoms with E-state index < -0.39 is 5.97 Å². The van der Waals surface area contributed by atoms with Crippen LogP contribution in [0, 0.1) is 6.92 Å². The second-order valence-corrected chi connectivity index (χ2v) is 5.79. The van der Waals surface area contributed by atoms with Gasteiger partial charge in [-0.3, -0.25) is 14.2 Å². The first kappa shape index (κ1) is 15.3. The molecule has 1 aromatic heterocycles. The van der Waals surface area contributed by atoms with Crippen LogP contribution in [0.2, 0.25) is 0 Å². The number of aliphatic carboxylic acids is 1. The molecule has 0 atom stereocenters. The smallest absolute Gasteiger partial charge is 0.323 e. The molecule has 0 aliphatic rings. The summed E-state index contributed by atoms with van der Waals surface area (Å²) in [5.74, 6) is -0.264. The summed E-state index contributed by atoms with van der Waals surface area (Å²) in [5, 5.41) is 8.94. The number of carboxylic acid groups (broad SMARTS) is 1. The van der Waals surface area contributed by atoms with Gasteiger partial charge in [0.25, 0.3) is 0 Å². The van der Waals surface area contributed by atoms with Crippen LogP contribution in [0.15, 0.2) is 29.1 Å². The molecule has 0 saturated heterocycles. The van der Waals surface area contributed by atoms with Crippen molar-refractivity contribution in [2.75, 3.05) is 6.61 Å². The van der Waals surface area contributed by atoms with E-state index in [1.807, 2.05) is 38.1 Å². The van der Waals surface area contributed by atoms with E-state index in [-0.39, 0.29) is 11.4 Å². The van der Waals surface area contributed by atoms with Crippen LogP contribution in [0.4, 0.5) is 0 Å². The van der Waals surface area contributed by atoms with Gasteiger partial charge in [-0.25, -0.2) is 0 Å². The third-order valence-electron chi connectivity index (χ3n) is 2.96. The summed E-state index contributed by atoms with van der Waals surface area (Å²) in [7, 11) is 0. The standard InChI is InChI=1S/C15H17NO4S/c1-3-8-20-12-6-4-11(5-7-12)14-10(2)21-15(19)16(14)9-13(17)18/h4-7H,3,8-9H2,1-2H3,(H,17,18). The van der Waals surface area contributed by atoms with E-state index in [9.17, 15) is 9.59 Å². The molecular formula is C15H17NO4S. The molecular weight excluding hydrogens is 290 g/mol. The number of nitrogens with zero attached hydrogens (tertiary/aromatic N) is 1. The van der Waals surface area contributed by atoms with Crippen molar-refractivity contribution in [2.45, 2.75) is 26.8 Å². The Morgan fingerprint density at radius 1 is 1.33 bits per heavy atom. The molecule has 0 radical (unpaired) electrons. The van der Waals surface area contributed by atoms with Crippen LogP contribution < -0.4 is 9.61 Å². The molecule has 1 N–H and O–H groups in total. The lowest BCUT2D eigenvalue weighted by Crippen LogP contribution is -2.19. The summed E-state index contributed by atoms with van der Waals surface area (Å²) in [4.78, 5) is 23.3. The molecule has 6 heteroatoms. The molecule has 112 valence electrons. The number of rotatable bonds is 6. The average molecular weight is 307 g/mol. The molecule has 0 bridgehead atoms. The van der Waals surface area contributed by atoms with Crippen LogP contribution in [0.5, 0.6) is 5.75 Å². The van der Waals surface area contributed by atoms with Gasteiger partial charge < -0.3 is 9.84 Å². The number of carboxylic acids is 1. The van der Waals surface area contributed by atoms with Gasteiger partial charge in [-0.05, 0) is 43.2 Å². The van der Waals surface area contributed by atoms with Crippen molar-refractivity contribution in [1.29, 1.82) is 0 Å². The number of ether oxygens (including phenoxy) is 1. The summed E-state index contributed by atoms with van der Waals surface area (Å²) >= 11 is 1.06. The summed E-state index contributed by atoms with van der Waals surface area (Å²) in [6.07, 6.45) is 0.934. The summed E-state index contributed by atoms with van der Waals surface area (Å²) in [6.45, 7) is 4.18. The van der Waals surface area contributed by atoms with Crippen molar-refractivity contribution in [3.05, 3.63) is 38.8 Å². The molecule has 0 amide bonds. The van der Waals surface area contributed by atoms with Crippen LogP contribution in [-0.4, -0.2) is 22.2 Å². The Morgan fingerprint density at radius 2 is 2.00 bits per heavy atom. The fourth-order valence-electron chi connectivity index (χ4n) is 2.08. The molecule has 2 rings (SSSR count). The van der Waals surface area contributed by atoms with Gasteiger partial charge in [0.05, 0.1) is 12.3 Å². The molecule has 0 unspecified atom stereocenters. The van der Waals surface area contributed by atoms with E-state index in [1.165, 1.54) is 4.57 Å². The van der Waals surface area contributed by atoms with E-state index in [0.29, 0.717) is 12.3 Å². The van der Waals surface area contributed by atoms with Gasteiger partial charge in [-0.15, -0.1) is 0 Å². The van der Waals surface area contributed by atoms with Crippen LogP contribution in [0.25, 0.3) is 11.3 Å². The summed E-state index contributed by atoms with van der Waals surface area (Å²) in [5.41, 5.74) is 1.48. The molecule has 0 fully saturated rings. The Morgan fingerprint density at radius 3 is 2.57 bits per heavy atom. The first-order chi connectivity index (χ1) is 10.0. The van der Waals surface area contributed by atoms with Gasteiger partial charge in [0.15, 0.2) is 0 Å². The molecule has 2 aromatic rings. The lowest BCUT2D eigenvalue weighted by Gasteiger charge is -2.09. The highest BCUT2D eigenvalue weighted by Crippen LogP contribution is 2.27. The van der Waals surface area contributed by atoms with Crippen molar-refractivity contribution >= 4 is 17.3 Å². The van der Waals surface area contributed by atoms with Crippen LogP contribution >= 0.6 is 11.3 Å². The van der Waals surface area contributed by atoms with Crippen molar-refractivity contribution < 1.29 is 14.6 Å². The molecule has 1 heterocycles. The fourth-order valence-corrected chi connectivity index (χ4v) is 2.94. The number of hydrogen-bond donors (Lipinski definition) is 1. The first-order valence-corrected chi connectivity index (χ1v) is 7.49. The van der Waals surface area contributed by atoms with E-state index in [1.54, 1.807) is 0 Å². The van der Waals surface area contributed by atoms with Gasteiger partial charge in [0, 0.05) is 4.88 Å². The zero-order chi connectivity index (χ0) is 15.4. The fraction of sp³-hybridized carbons (Fsp3) is 0.333. The third-order valence-corrected chi connectivity index (χ3v) is 3.85. The number of aromatic nitrogens is 1. The number of hydrogen-bond acceptors (Lipinski definition) is 4. The summed E-state index contributed by atoms with van der Waals surface area (Å²) < 4.78 is 6.81. The van der Waals surface area contributed by atoms with E-state index in [2.05, 4.69) is 0 Å². The Hall–Kier alpha value is -2.08. The lowest BCUT2D eigenvalue weighted by molar-refractivity contribution is -0.137. The SMILES string of the molecule is CCCOc1ccc(-c2c(C)sc(=O)n2CC(=O)O)cc1. The quantitative estimate of drug-likeness (QED) is 0.891. The minimum absolute atomic E-state index is 0.254. The number of aryl methyl sites for hydroxylation is 1. The van der Waals surface area contributed by atoms with Crippen LogP contribution in [0.3, 0.4) is 0 Å². The summed E-state index contributed by atoms with van der Waals surface area (Å²) in [6, 6.07) is 7.35. The zero-order valence-electron chi connectivity index (χ0n) is 12.0. The van der Waals surface area contributed by atoms with E-state index in [0.717, 1.165) is 33.9 Å². The monoisotopic (exact) mass is 307 g/mol. The predicted octanol–water partition coefficient (Wildman–Crippen LogP) is 2.76. The maximum Gasteiger partial charge on any atom is 0.323 e. The molecule has 0 aliphatic carbocycles. The Kier molecular flexibility index (Phi) is 4.80. The van der Waals surface area contributed by atoms with Gasteiger partial charge in [-0.2, -0.15) is 0 Å². The lowest BCUT2D eigenvalue weighted by atomic mass is 10.1. The van der Waals surface area contributed by atoms with Crippen molar-refractivity contribution in [1.82, 2.24) is 4.57 Å². The molecule has 1 aromatic carbocycles. The van der Waals surface area contributed by atoms with Gasteiger partial charge in [0.1, 0.15) is 12.3 Å². The normalized spacial score (nSPS) is 10.6. The highest BCUT2D eigenvalue weighted by atomic mass is 32.1. The van der Waals surface area contributed by atoms with Crippen molar-refractivity contribution in [3.63, 3.8) is 0 Å². The number of carbonyl (C=O) groups is 1. The minimum Gasteiger partial charge on any atom is -0.494 e. The van der Waals surface area contributed by atoms with Crippen LogP contribution in [0.1, 0.15) is 18.2 Å². The topological polar surface area (TPSA) is 68.5 Å². The Labute approximate surface area is 126 Å². The highest BCUT2D eigenvalue weighted by molar-refractivity contribution is 7.09. The maximum absolute atomic E-state index is 11.9. The number of thiazole rings is 1. The minimum atomic E-state index is -1.03. The Balaban J connectivity index is 2.37. The van der Waals surface area contributed by atoms with E-state index in [4.69, 9.17) is 9.84 Å². The average Bonchev–Trinajstić information content (AvgIpc) is 2.71.